The molecule has 0 atom stereocenters. The fourth-order valence-electron chi connectivity index (χ4n) is 3.86. The van der Waals surface area contributed by atoms with Crippen LogP contribution in [0.15, 0.2) is 42.5 Å². The van der Waals surface area contributed by atoms with Crippen LogP contribution in [0.4, 0.5) is 0 Å². The Bertz CT molecular complexity index is 859. The Hall–Kier alpha value is -2.16. The van der Waals surface area contributed by atoms with Crippen LogP contribution in [0.5, 0.6) is 5.75 Å². The Kier molecular flexibility index (Phi) is 7.44. The summed E-state index contributed by atoms with van der Waals surface area (Å²) in [5.74, 6) is 0.846. The maximum Gasteiger partial charge on any atom is 0.235 e. The van der Waals surface area contributed by atoms with Gasteiger partial charge in [-0.2, -0.15) is 4.57 Å². The summed E-state index contributed by atoms with van der Waals surface area (Å²) in [6.45, 7) is 3.31. The molecule has 0 amide bonds. The van der Waals surface area contributed by atoms with Crippen molar-refractivity contribution in [3.05, 3.63) is 42.5 Å². The van der Waals surface area contributed by atoms with Crippen LogP contribution in [0.1, 0.15) is 64.7 Å². The monoisotopic (exact) mass is 365 g/mol. The van der Waals surface area contributed by atoms with Gasteiger partial charge in [0.05, 0.1) is 7.11 Å². The second kappa shape index (κ2) is 10.2. The van der Waals surface area contributed by atoms with Gasteiger partial charge in [0, 0.05) is 18.6 Å². The van der Waals surface area contributed by atoms with E-state index in [0.29, 0.717) is 0 Å². The predicted octanol–water partition coefficient (Wildman–Crippen LogP) is 6.21. The summed E-state index contributed by atoms with van der Waals surface area (Å²) in [7, 11) is 1.72. The highest BCUT2D eigenvalue weighted by Gasteiger charge is 2.18. The minimum Gasteiger partial charge on any atom is -0.494 e. The molecule has 0 aliphatic rings. The summed E-state index contributed by atoms with van der Waals surface area (Å²) in [6, 6.07) is 14.6. The van der Waals surface area contributed by atoms with Gasteiger partial charge in [0.15, 0.2) is 11.3 Å². The summed E-state index contributed by atoms with van der Waals surface area (Å²) < 4.78 is 7.97. The van der Waals surface area contributed by atoms with Crippen molar-refractivity contribution in [1.82, 2.24) is 4.98 Å². The van der Waals surface area contributed by atoms with Gasteiger partial charge in [-0.3, -0.25) is 0 Å². The van der Waals surface area contributed by atoms with Gasteiger partial charge in [-0.1, -0.05) is 70.1 Å². The third kappa shape index (κ3) is 4.97. The van der Waals surface area contributed by atoms with Crippen LogP contribution in [0.3, 0.4) is 0 Å². The number of benzene rings is 2. The number of fused-ring (bicyclic) bond motifs is 2. The first-order valence-electron chi connectivity index (χ1n) is 10.6. The molecule has 0 saturated heterocycles. The van der Waals surface area contributed by atoms with Gasteiger partial charge in [-0.15, -0.1) is 0 Å². The van der Waals surface area contributed by atoms with Crippen molar-refractivity contribution >= 4 is 22.1 Å². The molecule has 0 N–H and O–H groups in total. The topological polar surface area (TPSA) is 26.0 Å². The lowest BCUT2D eigenvalue weighted by Gasteiger charge is -2.08. The molecule has 1 aromatic heterocycles. The van der Waals surface area contributed by atoms with Crippen molar-refractivity contribution in [2.24, 2.45) is 0 Å². The van der Waals surface area contributed by atoms with E-state index in [1.165, 1.54) is 63.3 Å². The molecular weight excluding hydrogens is 332 g/mol. The van der Waals surface area contributed by atoms with E-state index >= 15 is 0 Å². The van der Waals surface area contributed by atoms with Gasteiger partial charge in [-0.05, 0) is 18.6 Å². The molecule has 144 valence electrons. The van der Waals surface area contributed by atoms with E-state index < -0.39 is 0 Å². The van der Waals surface area contributed by atoms with Gasteiger partial charge in [-0.25, -0.2) is 4.98 Å². The minimum atomic E-state index is 0.846. The summed E-state index contributed by atoms with van der Waals surface area (Å²) in [6.07, 6.45) is 12.1. The number of hydrogen-bond acceptors (Lipinski definition) is 2. The zero-order valence-electron chi connectivity index (χ0n) is 16.9. The first-order valence-corrected chi connectivity index (χ1v) is 10.6. The van der Waals surface area contributed by atoms with Crippen LogP contribution in [-0.2, 0) is 6.54 Å². The lowest BCUT2D eigenvalue weighted by atomic mass is 10.1. The van der Waals surface area contributed by atoms with Crippen molar-refractivity contribution in [2.45, 2.75) is 71.3 Å². The zero-order chi connectivity index (χ0) is 18.9. The molecule has 3 aromatic rings. The van der Waals surface area contributed by atoms with Crippen LogP contribution in [0.25, 0.3) is 22.1 Å². The molecule has 27 heavy (non-hydrogen) atoms. The van der Waals surface area contributed by atoms with Gasteiger partial charge in [0.25, 0.3) is 0 Å². The van der Waals surface area contributed by atoms with E-state index in [4.69, 9.17) is 9.72 Å². The molecule has 0 unspecified atom stereocenters. The molecule has 0 spiro atoms. The summed E-state index contributed by atoms with van der Waals surface area (Å²) in [4.78, 5) is 4.86. The van der Waals surface area contributed by atoms with Gasteiger partial charge < -0.3 is 4.74 Å². The molecule has 3 nitrogen and oxygen atoms in total. The number of methoxy groups -OCH3 is 1. The average Bonchev–Trinajstić information content (AvgIpc) is 2.71. The second-order valence-electron chi connectivity index (χ2n) is 7.41. The highest BCUT2D eigenvalue weighted by atomic mass is 16.5. The van der Waals surface area contributed by atoms with Crippen molar-refractivity contribution in [3.8, 4) is 5.75 Å². The number of aryl methyl sites for hydroxylation is 1. The Morgan fingerprint density at radius 2 is 1.44 bits per heavy atom. The highest BCUT2D eigenvalue weighted by molar-refractivity contribution is 5.85. The lowest BCUT2D eigenvalue weighted by Crippen LogP contribution is -2.36. The molecule has 0 fully saturated rings. The first kappa shape index (κ1) is 19.6. The van der Waals surface area contributed by atoms with Crippen LogP contribution in [0.2, 0.25) is 0 Å². The Balaban J connectivity index is 1.67. The quantitative estimate of drug-likeness (QED) is 0.229. The first-order chi connectivity index (χ1) is 13.3. The maximum absolute atomic E-state index is 5.55. The lowest BCUT2D eigenvalue weighted by molar-refractivity contribution is -0.646. The molecule has 2 aromatic carbocycles. The fourth-order valence-corrected chi connectivity index (χ4v) is 3.86. The Morgan fingerprint density at radius 1 is 0.778 bits per heavy atom. The van der Waals surface area contributed by atoms with E-state index in [0.717, 1.165) is 28.8 Å². The average molecular weight is 366 g/mol. The molecule has 3 rings (SSSR count). The molecule has 0 aliphatic carbocycles. The van der Waals surface area contributed by atoms with Crippen molar-refractivity contribution in [3.63, 3.8) is 0 Å². The van der Waals surface area contributed by atoms with Gasteiger partial charge >= 0.3 is 0 Å². The van der Waals surface area contributed by atoms with E-state index in [2.05, 4.69) is 47.9 Å². The van der Waals surface area contributed by atoms with Crippen LogP contribution < -0.4 is 9.30 Å². The molecule has 3 heteroatoms. The number of rotatable bonds is 11. The van der Waals surface area contributed by atoms with E-state index in [1.807, 2.05) is 6.07 Å². The second-order valence-corrected chi connectivity index (χ2v) is 7.41. The molecule has 0 radical (unpaired) electrons. The molecule has 0 bridgehead atoms. The van der Waals surface area contributed by atoms with E-state index in [-0.39, 0.29) is 0 Å². The maximum atomic E-state index is 5.55. The van der Waals surface area contributed by atoms with Crippen molar-refractivity contribution in [1.29, 1.82) is 0 Å². The third-order valence-electron chi connectivity index (χ3n) is 5.38. The van der Waals surface area contributed by atoms with Gasteiger partial charge in [0.1, 0.15) is 12.1 Å². The standard InChI is InChI=1S/C24H33N2O/c1-3-4-5-6-7-8-9-10-13-19-26-21-16-12-11-15-20(21)25-24-22(26)17-14-18-23(24)27-2/h11-12,14-18H,3-10,13,19H2,1-2H3/q+1. The van der Waals surface area contributed by atoms with E-state index in [1.54, 1.807) is 7.11 Å². The van der Waals surface area contributed by atoms with Crippen LogP contribution in [0, 0.1) is 0 Å². The summed E-state index contributed by atoms with van der Waals surface area (Å²) in [5, 5.41) is 0. The number of unbranched alkanes of at least 4 members (excludes halogenated alkanes) is 8. The van der Waals surface area contributed by atoms with Gasteiger partial charge in [0.2, 0.25) is 11.0 Å². The third-order valence-corrected chi connectivity index (χ3v) is 5.38. The molecule has 0 saturated carbocycles. The summed E-state index contributed by atoms with van der Waals surface area (Å²) >= 11 is 0. The Morgan fingerprint density at radius 3 is 2.19 bits per heavy atom. The fraction of sp³-hybridized carbons (Fsp3) is 0.500. The number of hydrogen-bond donors (Lipinski definition) is 0. The molecule has 1 heterocycles. The Labute approximate surface area is 163 Å². The molecule has 0 aliphatic heterocycles. The van der Waals surface area contributed by atoms with Crippen molar-refractivity contribution < 1.29 is 9.30 Å². The largest absolute Gasteiger partial charge is 0.494 e. The van der Waals surface area contributed by atoms with Crippen LogP contribution >= 0.6 is 0 Å². The number of para-hydroxylation sites is 3. The predicted molar refractivity (Wildman–Crippen MR) is 113 cm³/mol. The minimum absolute atomic E-state index is 0.846. The number of nitrogens with zero attached hydrogens (tertiary/aromatic N) is 2. The number of ether oxygens (including phenoxy) is 1. The smallest absolute Gasteiger partial charge is 0.235 e. The van der Waals surface area contributed by atoms with E-state index in [9.17, 15) is 0 Å². The molecular formula is C24H33N2O+. The van der Waals surface area contributed by atoms with Crippen molar-refractivity contribution in [2.75, 3.05) is 7.11 Å². The number of aromatic nitrogens is 2. The summed E-state index contributed by atoms with van der Waals surface area (Å²) in [5.41, 5.74) is 4.35. The van der Waals surface area contributed by atoms with Crippen LogP contribution in [-0.4, -0.2) is 12.1 Å². The highest BCUT2D eigenvalue weighted by Crippen LogP contribution is 2.23. The SMILES string of the molecule is CCCCCCCCCCC[n+]1c2ccccc2nc2c(OC)cccc21. The zero-order valence-corrected chi connectivity index (χ0v) is 16.9. The normalized spacial score (nSPS) is 11.3.